The first-order valence-electron chi connectivity index (χ1n) is 9.16. The summed E-state index contributed by atoms with van der Waals surface area (Å²) in [5.41, 5.74) is 1.62. The van der Waals surface area contributed by atoms with Crippen molar-refractivity contribution in [3.8, 4) is 0 Å². The average Bonchev–Trinajstić information content (AvgIpc) is 3.09. The predicted octanol–water partition coefficient (Wildman–Crippen LogP) is 3.43. The van der Waals surface area contributed by atoms with E-state index in [0.717, 1.165) is 30.4 Å². The highest BCUT2D eigenvalue weighted by Gasteiger charge is 2.31. The normalized spacial score (nSPS) is 18.2. The second-order valence-corrected chi connectivity index (χ2v) is 7.15. The number of likely N-dealkylation sites (tertiary alicyclic amines) is 1. The van der Waals surface area contributed by atoms with Crippen LogP contribution in [-0.2, 0) is 11.3 Å². The van der Waals surface area contributed by atoms with Crippen LogP contribution in [0.2, 0.25) is 0 Å². The number of benzene rings is 1. The molecule has 144 valence electrons. The number of hydrogen-bond acceptors (Lipinski definition) is 5. The summed E-state index contributed by atoms with van der Waals surface area (Å²) >= 11 is 0. The number of aromatic nitrogens is 2. The molecule has 1 fully saturated rings. The van der Waals surface area contributed by atoms with Crippen LogP contribution in [0.3, 0.4) is 0 Å². The Bertz CT molecular complexity index is 814. The molecule has 0 saturated carbocycles. The van der Waals surface area contributed by atoms with Gasteiger partial charge >= 0.3 is 0 Å². The molecule has 1 saturated heterocycles. The van der Waals surface area contributed by atoms with Gasteiger partial charge in [0.2, 0.25) is 17.7 Å². The van der Waals surface area contributed by atoms with E-state index in [1.807, 2.05) is 25.9 Å². The van der Waals surface area contributed by atoms with Crippen molar-refractivity contribution in [1.29, 1.82) is 0 Å². The van der Waals surface area contributed by atoms with Crippen LogP contribution in [0.15, 0.2) is 34.8 Å². The van der Waals surface area contributed by atoms with Crippen molar-refractivity contribution in [1.82, 2.24) is 20.0 Å². The number of allylic oxidation sites excluding steroid dienone is 1. The highest BCUT2D eigenvalue weighted by atomic mass is 19.1. The van der Waals surface area contributed by atoms with Gasteiger partial charge in [0.05, 0.1) is 6.54 Å². The largest absolute Gasteiger partial charge is 0.422 e. The Morgan fingerprint density at radius 3 is 2.74 bits per heavy atom. The zero-order chi connectivity index (χ0) is 19.4. The van der Waals surface area contributed by atoms with Crippen LogP contribution in [-0.4, -0.2) is 46.5 Å². The van der Waals surface area contributed by atoms with Gasteiger partial charge < -0.3 is 14.2 Å². The maximum atomic E-state index is 13.1. The number of carbonyl (C=O) groups is 1. The van der Waals surface area contributed by atoms with E-state index in [2.05, 4.69) is 10.2 Å². The summed E-state index contributed by atoms with van der Waals surface area (Å²) in [6, 6.07) is 5.94. The molecule has 1 aromatic carbocycles. The van der Waals surface area contributed by atoms with Crippen molar-refractivity contribution in [2.45, 2.75) is 38.8 Å². The minimum Gasteiger partial charge on any atom is -0.422 e. The fourth-order valence-electron chi connectivity index (χ4n) is 3.25. The lowest BCUT2D eigenvalue weighted by atomic mass is 10.0. The van der Waals surface area contributed by atoms with Gasteiger partial charge in [0.15, 0.2) is 0 Å². The molecule has 27 heavy (non-hydrogen) atoms. The Balaban J connectivity index is 1.78. The fraction of sp³-hybridized carbons (Fsp3) is 0.450. The molecule has 1 aliphatic rings. The summed E-state index contributed by atoms with van der Waals surface area (Å²) in [5.74, 6) is 0.659. The third-order valence-electron chi connectivity index (χ3n) is 4.64. The number of piperidine rings is 1. The topological polar surface area (TPSA) is 62.5 Å². The van der Waals surface area contributed by atoms with Crippen LogP contribution in [0.4, 0.5) is 4.39 Å². The summed E-state index contributed by atoms with van der Waals surface area (Å²) in [7, 11) is 3.87. The third-order valence-corrected chi connectivity index (χ3v) is 4.64. The second-order valence-electron chi connectivity index (χ2n) is 7.15. The van der Waals surface area contributed by atoms with Crippen molar-refractivity contribution < 1.29 is 13.6 Å². The molecule has 6 nitrogen and oxygen atoms in total. The third kappa shape index (κ3) is 4.80. The highest BCUT2D eigenvalue weighted by Crippen LogP contribution is 2.31. The van der Waals surface area contributed by atoms with Crippen molar-refractivity contribution in [3.63, 3.8) is 0 Å². The smallest absolute Gasteiger partial charge is 0.247 e. The standard InChI is InChI=1S/C20H25FN4O2/c1-14(15-7-9-16(21)10-8-15)12-19(26)25-11-5-4-6-17(25)20-23-22-18(27-20)13-24(2)3/h7-10,12,17H,4-6,11,13H2,1-3H3/b14-12+. The minimum atomic E-state index is -0.293. The lowest BCUT2D eigenvalue weighted by Crippen LogP contribution is -2.37. The first-order chi connectivity index (χ1) is 12.9. The number of hydrogen-bond donors (Lipinski definition) is 0. The summed E-state index contributed by atoms with van der Waals surface area (Å²) in [5, 5.41) is 8.27. The molecule has 1 amide bonds. The number of carbonyl (C=O) groups excluding carboxylic acids is 1. The van der Waals surface area contributed by atoms with E-state index in [-0.39, 0.29) is 17.8 Å². The SMILES string of the molecule is C/C(=C\C(=O)N1CCCCC1c1nnc(CN(C)C)o1)c1ccc(F)cc1. The van der Waals surface area contributed by atoms with Gasteiger partial charge in [0, 0.05) is 12.6 Å². The number of halogens is 1. The van der Waals surface area contributed by atoms with Gasteiger partial charge in [-0.1, -0.05) is 12.1 Å². The van der Waals surface area contributed by atoms with E-state index in [4.69, 9.17) is 4.42 Å². The zero-order valence-corrected chi connectivity index (χ0v) is 16.0. The lowest BCUT2D eigenvalue weighted by Gasteiger charge is -2.32. The van der Waals surface area contributed by atoms with Gasteiger partial charge in [-0.2, -0.15) is 0 Å². The predicted molar refractivity (Wildman–Crippen MR) is 100 cm³/mol. The van der Waals surface area contributed by atoms with Gasteiger partial charge in [0.1, 0.15) is 11.9 Å². The molecule has 7 heteroatoms. The summed E-state index contributed by atoms with van der Waals surface area (Å²) in [6.45, 7) is 3.07. The van der Waals surface area contributed by atoms with E-state index in [9.17, 15) is 9.18 Å². The second kappa shape index (κ2) is 8.43. The summed E-state index contributed by atoms with van der Waals surface area (Å²) in [4.78, 5) is 16.6. The highest BCUT2D eigenvalue weighted by molar-refractivity contribution is 5.95. The molecule has 1 unspecified atom stereocenters. The maximum Gasteiger partial charge on any atom is 0.247 e. The van der Waals surface area contributed by atoms with Gasteiger partial charge in [-0.05, 0) is 63.6 Å². The van der Waals surface area contributed by atoms with Crippen molar-refractivity contribution in [3.05, 3.63) is 53.5 Å². The van der Waals surface area contributed by atoms with E-state index in [0.29, 0.717) is 24.9 Å². The first kappa shape index (κ1) is 19.2. The van der Waals surface area contributed by atoms with Crippen LogP contribution in [0, 0.1) is 5.82 Å². The van der Waals surface area contributed by atoms with Crippen LogP contribution in [0.25, 0.3) is 5.57 Å². The molecular formula is C20H25FN4O2. The Morgan fingerprint density at radius 1 is 1.30 bits per heavy atom. The molecule has 0 bridgehead atoms. The number of amides is 1. The molecule has 0 spiro atoms. The quantitative estimate of drug-likeness (QED) is 0.753. The number of rotatable bonds is 5. The number of nitrogens with zero attached hydrogens (tertiary/aromatic N) is 4. The Labute approximate surface area is 158 Å². The maximum absolute atomic E-state index is 13.1. The van der Waals surface area contributed by atoms with E-state index < -0.39 is 0 Å². The molecule has 1 aliphatic heterocycles. The molecular weight excluding hydrogens is 347 g/mol. The van der Waals surface area contributed by atoms with Gasteiger partial charge in [-0.15, -0.1) is 10.2 Å². The minimum absolute atomic E-state index is 0.0890. The van der Waals surface area contributed by atoms with E-state index in [1.165, 1.54) is 12.1 Å². The van der Waals surface area contributed by atoms with Gasteiger partial charge in [0.25, 0.3) is 0 Å². The molecule has 1 aromatic heterocycles. The van der Waals surface area contributed by atoms with Gasteiger partial charge in [-0.25, -0.2) is 4.39 Å². The fourth-order valence-corrected chi connectivity index (χ4v) is 3.25. The summed E-state index contributed by atoms with van der Waals surface area (Å²) in [6.07, 6.45) is 4.37. The van der Waals surface area contributed by atoms with E-state index >= 15 is 0 Å². The zero-order valence-electron chi connectivity index (χ0n) is 16.0. The van der Waals surface area contributed by atoms with Crippen LogP contribution in [0.1, 0.15) is 49.6 Å². The Morgan fingerprint density at radius 2 is 2.04 bits per heavy atom. The monoisotopic (exact) mass is 372 g/mol. The average molecular weight is 372 g/mol. The van der Waals surface area contributed by atoms with Crippen LogP contribution in [0.5, 0.6) is 0 Å². The summed E-state index contributed by atoms with van der Waals surface area (Å²) < 4.78 is 18.9. The van der Waals surface area contributed by atoms with Crippen LogP contribution >= 0.6 is 0 Å². The van der Waals surface area contributed by atoms with Crippen molar-refractivity contribution in [2.75, 3.05) is 20.6 Å². The molecule has 3 rings (SSSR count). The first-order valence-corrected chi connectivity index (χ1v) is 9.16. The lowest BCUT2D eigenvalue weighted by molar-refractivity contribution is -0.130. The molecule has 2 heterocycles. The Kier molecular flexibility index (Phi) is 6.01. The molecule has 2 aromatic rings. The van der Waals surface area contributed by atoms with Crippen molar-refractivity contribution >= 4 is 11.5 Å². The van der Waals surface area contributed by atoms with Crippen LogP contribution < -0.4 is 0 Å². The van der Waals surface area contributed by atoms with E-state index in [1.54, 1.807) is 23.1 Å². The van der Waals surface area contributed by atoms with Gasteiger partial charge in [-0.3, -0.25) is 4.79 Å². The molecule has 0 N–H and O–H groups in total. The molecule has 0 aliphatic carbocycles. The molecule has 1 atom stereocenters. The van der Waals surface area contributed by atoms with Crippen molar-refractivity contribution in [2.24, 2.45) is 0 Å². The Hall–Kier alpha value is -2.54. The molecule has 0 radical (unpaired) electrons.